The van der Waals surface area contributed by atoms with Crippen molar-refractivity contribution in [3.8, 4) is 5.75 Å². The topological polar surface area (TPSA) is 59.6 Å². The van der Waals surface area contributed by atoms with Crippen molar-refractivity contribution in [2.24, 2.45) is 0 Å². The van der Waals surface area contributed by atoms with Crippen LogP contribution >= 0.6 is 0 Å². The zero-order valence-corrected chi connectivity index (χ0v) is 12.1. The van der Waals surface area contributed by atoms with E-state index in [0.29, 0.717) is 19.4 Å². The number of methoxy groups -OCH3 is 1. The van der Waals surface area contributed by atoms with Gasteiger partial charge in [0.05, 0.1) is 6.61 Å². The van der Waals surface area contributed by atoms with Crippen molar-refractivity contribution in [3.63, 3.8) is 0 Å². The molecular formula is C15H22N2O3. The summed E-state index contributed by atoms with van der Waals surface area (Å²) in [4.78, 5) is 12.5. The molecule has 0 atom stereocenters. The van der Waals surface area contributed by atoms with Gasteiger partial charge in [0.25, 0.3) is 5.91 Å². The number of benzene rings is 1. The first-order valence-electron chi connectivity index (χ1n) is 7.00. The molecule has 5 heteroatoms. The van der Waals surface area contributed by atoms with Gasteiger partial charge in [-0.05, 0) is 45.0 Å². The van der Waals surface area contributed by atoms with Crippen molar-refractivity contribution in [1.29, 1.82) is 0 Å². The smallest absolute Gasteiger partial charge is 0.256 e. The fourth-order valence-corrected chi connectivity index (χ4v) is 2.43. The molecule has 0 aromatic heterocycles. The Bertz CT molecular complexity index is 456. The Hall–Kier alpha value is -1.59. The second-order valence-corrected chi connectivity index (χ2v) is 4.86. The Morgan fingerprint density at radius 3 is 2.80 bits per heavy atom. The van der Waals surface area contributed by atoms with E-state index in [1.807, 2.05) is 31.2 Å². The molecule has 1 aromatic rings. The van der Waals surface area contributed by atoms with E-state index in [0.717, 1.165) is 24.5 Å². The highest BCUT2D eigenvalue weighted by molar-refractivity contribution is 5.97. The maximum absolute atomic E-state index is 12.5. The number of piperidine rings is 1. The van der Waals surface area contributed by atoms with Gasteiger partial charge in [-0.1, -0.05) is 6.07 Å². The largest absolute Gasteiger partial charge is 0.494 e. The van der Waals surface area contributed by atoms with E-state index >= 15 is 0 Å². The average Bonchev–Trinajstić information content (AvgIpc) is 2.48. The summed E-state index contributed by atoms with van der Waals surface area (Å²) in [5.74, 6) is 0.664. The molecule has 110 valence electrons. The Morgan fingerprint density at radius 1 is 1.40 bits per heavy atom. The number of carbonyl (C=O) groups is 1. The molecule has 1 heterocycles. The molecule has 1 fully saturated rings. The molecule has 2 N–H and O–H groups in total. The minimum atomic E-state index is -0.729. The van der Waals surface area contributed by atoms with E-state index in [2.05, 4.69) is 10.6 Å². The van der Waals surface area contributed by atoms with Crippen molar-refractivity contribution in [1.82, 2.24) is 5.32 Å². The Kier molecular flexibility index (Phi) is 4.98. The van der Waals surface area contributed by atoms with Crippen LogP contribution in [0.1, 0.15) is 19.8 Å². The SMILES string of the molecule is CCOc1cccc(NC(=O)C2(OC)CCNCC2)c1. The number of ether oxygens (including phenoxy) is 2. The van der Waals surface area contributed by atoms with Crippen LogP contribution in [0.2, 0.25) is 0 Å². The highest BCUT2D eigenvalue weighted by Gasteiger charge is 2.39. The van der Waals surface area contributed by atoms with Gasteiger partial charge in [0.15, 0.2) is 0 Å². The molecule has 0 aliphatic carbocycles. The van der Waals surface area contributed by atoms with Gasteiger partial charge in [0, 0.05) is 18.9 Å². The van der Waals surface area contributed by atoms with Gasteiger partial charge in [-0.2, -0.15) is 0 Å². The lowest BCUT2D eigenvalue weighted by molar-refractivity contribution is -0.140. The third kappa shape index (κ3) is 3.29. The molecule has 1 saturated heterocycles. The number of nitrogens with one attached hydrogen (secondary N) is 2. The quantitative estimate of drug-likeness (QED) is 0.862. The lowest BCUT2D eigenvalue weighted by atomic mass is 9.91. The van der Waals surface area contributed by atoms with Crippen LogP contribution in [0.4, 0.5) is 5.69 Å². The molecule has 1 aliphatic heterocycles. The predicted octanol–water partition coefficient (Wildman–Crippen LogP) is 1.79. The van der Waals surface area contributed by atoms with Crippen molar-refractivity contribution in [2.45, 2.75) is 25.4 Å². The minimum absolute atomic E-state index is 0.0878. The first-order valence-corrected chi connectivity index (χ1v) is 7.00. The van der Waals surface area contributed by atoms with E-state index in [9.17, 15) is 4.79 Å². The van der Waals surface area contributed by atoms with Crippen molar-refractivity contribution in [2.75, 3.05) is 32.1 Å². The Labute approximate surface area is 119 Å². The van der Waals surface area contributed by atoms with Gasteiger partial charge in [-0.15, -0.1) is 0 Å². The lowest BCUT2D eigenvalue weighted by Gasteiger charge is -2.34. The van der Waals surface area contributed by atoms with E-state index in [4.69, 9.17) is 9.47 Å². The lowest BCUT2D eigenvalue weighted by Crippen LogP contribution is -2.51. The third-order valence-electron chi connectivity index (χ3n) is 3.62. The standard InChI is InChI=1S/C15H22N2O3/c1-3-20-13-6-4-5-12(11-13)17-14(18)15(19-2)7-9-16-10-8-15/h4-6,11,16H,3,7-10H2,1-2H3,(H,17,18). The highest BCUT2D eigenvalue weighted by Crippen LogP contribution is 2.25. The molecule has 1 aliphatic rings. The van der Waals surface area contributed by atoms with Crippen LogP contribution in [0.5, 0.6) is 5.75 Å². The van der Waals surface area contributed by atoms with Crippen molar-refractivity contribution < 1.29 is 14.3 Å². The van der Waals surface area contributed by atoms with Crippen LogP contribution in [0.15, 0.2) is 24.3 Å². The Balaban J connectivity index is 2.08. The zero-order chi connectivity index (χ0) is 14.4. The maximum Gasteiger partial charge on any atom is 0.256 e. The number of rotatable bonds is 5. The molecule has 0 unspecified atom stereocenters. The molecule has 1 aromatic carbocycles. The van der Waals surface area contributed by atoms with Crippen LogP contribution in [-0.2, 0) is 9.53 Å². The van der Waals surface area contributed by atoms with Crippen molar-refractivity contribution >= 4 is 11.6 Å². The normalized spacial score (nSPS) is 17.5. The molecule has 2 rings (SSSR count). The van der Waals surface area contributed by atoms with Gasteiger partial charge >= 0.3 is 0 Å². The van der Waals surface area contributed by atoms with Gasteiger partial charge in [-0.25, -0.2) is 0 Å². The second kappa shape index (κ2) is 6.72. The molecule has 0 spiro atoms. The summed E-state index contributed by atoms with van der Waals surface area (Å²) in [7, 11) is 1.60. The summed E-state index contributed by atoms with van der Waals surface area (Å²) in [6, 6.07) is 7.41. The third-order valence-corrected chi connectivity index (χ3v) is 3.62. The van der Waals surface area contributed by atoms with E-state index < -0.39 is 5.60 Å². The predicted molar refractivity (Wildman–Crippen MR) is 78.1 cm³/mol. The summed E-state index contributed by atoms with van der Waals surface area (Å²) in [6.45, 7) is 4.12. The monoisotopic (exact) mass is 278 g/mol. The summed E-state index contributed by atoms with van der Waals surface area (Å²) in [5.41, 5.74) is 0.00302. The number of hydrogen-bond acceptors (Lipinski definition) is 4. The van der Waals surface area contributed by atoms with Crippen LogP contribution in [-0.4, -0.2) is 38.3 Å². The van der Waals surface area contributed by atoms with E-state index in [1.54, 1.807) is 7.11 Å². The molecule has 0 saturated carbocycles. The number of anilines is 1. The summed E-state index contributed by atoms with van der Waals surface area (Å²) < 4.78 is 10.9. The second-order valence-electron chi connectivity index (χ2n) is 4.86. The average molecular weight is 278 g/mol. The fourth-order valence-electron chi connectivity index (χ4n) is 2.43. The molecule has 5 nitrogen and oxygen atoms in total. The molecule has 1 amide bonds. The summed E-state index contributed by atoms with van der Waals surface area (Å²) >= 11 is 0. The number of hydrogen-bond donors (Lipinski definition) is 2. The maximum atomic E-state index is 12.5. The summed E-state index contributed by atoms with van der Waals surface area (Å²) in [5, 5.41) is 6.17. The van der Waals surface area contributed by atoms with Gasteiger partial charge in [0.2, 0.25) is 0 Å². The van der Waals surface area contributed by atoms with Crippen molar-refractivity contribution in [3.05, 3.63) is 24.3 Å². The molecule has 0 radical (unpaired) electrons. The first-order chi connectivity index (χ1) is 9.70. The van der Waals surface area contributed by atoms with Crippen LogP contribution in [0.25, 0.3) is 0 Å². The number of amides is 1. The Morgan fingerprint density at radius 2 is 2.15 bits per heavy atom. The molecule has 20 heavy (non-hydrogen) atoms. The fraction of sp³-hybridized carbons (Fsp3) is 0.533. The van der Waals surface area contributed by atoms with Gasteiger partial charge < -0.3 is 20.1 Å². The van der Waals surface area contributed by atoms with Crippen LogP contribution < -0.4 is 15.4 Å². The van der Waals surface area contributed by atoms with Gasteiger partial charge in [-0.3, -0.25) is 4.79 Å². The summed E-state index contributed by atoms with van der Waals surface area (Å²) in [6.07, 6.45) is 1.36. The first kappa shape index (κ1) is 14.8. The highest BCUT2D eigenvalue weighted by atomic mass is 16.5. The van der Waals surface area contributed by atoms with E-state index in [1.165, 1.54) is 0 Å². The molecule has 0 bridgehead atoms. The van der Waals surface area contributed by atoms with Gasteiger partial charge in [0.1, 0.15) is 11.4 Å². The van der Waals surface area contributed by atoms with E-state index in [-0.39, 0.29) is 5.91 Å². The number of carbonyl (C=O) groups excluding carboxylic acids is 1. The van der Waals surface area contributed by atoms with Crippen LogP contribution in [0, 0.1) is 0 Å². The van der Waals surface area contributed by atoms with Crippen LogP contribution in [0.3, 0.4) is 0 Å². The molecular weight excluding hydrogens is 256 g/mol. The zero-order valence-electron chi connectivity index (χ0n) is 12.1. The minimum Gasteiger partial charge on any atom is -0.494 e.